The molecule has 0 fully saturated rings. The first kappa shape index (κ1) is 38.0. The molecule has 60 heavy (non-hydrogen) atoms. The highest BCUT2D eigenvalue weighted by molar-refractivity contribution is 5.95. The summed E-state index contributed by atoms with van der Waals surface area (Å²) in [6.45, 7) is 2.41. The fraction of sp³-hybridized carbons (Fsp3) is 0.0714. The summed E-state index contributed by atoms with van der Waals surface area (Å²) in [5, 5.41) is 0. The van der Waals surface area contributed by atoms with Gasteiger partial charge in [-0.25, -0.2) is 0 Å². The Morgan fingerprint density at radius 3 is 0.683 bits per heavy atom. The van der Waals surface area contributed by atoms with E-state index in [2.05, 4.69) is 170 Å². The second-order valence-corrected chi connectivity index (χ2v) is 15.1. The Bertz CT molecular complexity index is 2440. The van der Waals surface area contributed by atoms with Crippen LogP contribution < -0.4 is 0 Å². The molecule has 12 bridgehead atoms. The lowest BCUT2D eigenvalue weighted by Gasteiger charge is -2.08. The van der Waals surface area contributed by atoms with Crippen LogP contribution in [0.1, 0.15) is 44.5 Å². The van der Waals surface area contributed by atoms with Crippen molar-refractivity contribution in [2.45, 2.75) is 26.2 Å². The predicted molar refractivity (Wildman–Crippen MR) is 253 cm³/mol. The fourth-order valence-electron chi connectivity index (χ4n) is 7.46. The molecule has 0 atom stereocenters. The molecule has 288 valence electrons. The van der Waals surface area contributed by atoms with E-state index in [-0.39, 0.29) is 0 Å². The molecule has 0 saturated carbocycles. The third-order valence-corrected chi connectivity index (χ3v) is 10.9. The minimum atomic E-state index is 0.602. The van der Waals surface area contributed by atoms with Gasteiger partial charge in [0, 0.05) is 47.1 Å². The summed E-state index contributed by atoms with van der Waals surface area (Å²) in [4.78, 5) is 19.3. The Kier molecular flexibility index (Phi) is 11.6. The first-order chi connectivity index (χ1) is 29.7. The van der Waals surface area contributed by atoms with Crippen molar-refractivity contribution in [3.8, 4) is 44.5 Å². The van der Waals surface area contributed by atoms with Gasteiger partial charge >= 0.3 is 0 Å². The Balaban J connectivity index is 0.981. The quantitative estimate of drug-likeness (QED) is 0.147. The van der Waals surface area contributed by atoms with Gasteiger partial charge in [-0.1, -0.05) is 182 Å². The van der Waals surface area contributed by atoms with E-state index >= 15 is 0 Å². The van der Waals surface area contributed by atoms with Gasteiger partial charge in [-0.3, -0.25) is 20.0 Å². The van der Waals surface area contributed by atoms with Crippen LogP contribution in [0.15, 0.2) is 214 Å². The minimum Gasteiger partial charge on any atom is -0.288 e. The van der Waals surface area contributed by atoms with Gasteiger partial charge in [-0.05, 0) is 78.9 Å². The predicted octanol–water partition coefficient (Wildman–Crippen LogP) is 13.1. The molecule has 7 aliphatic rings. The van der Waals surface area contributed by atoms with Crippen LogP contribution in [0.25, 0.3) is 44.5 Å². The molecule has 0 radical (unpaired) electrons. The van der Waals surface area contributed by atoms with Gasteiger partial charge in [0.1, 0.15) is 0 Å². The summed E-state index contributed by atoms with van der Waals surface area (Å²) < 4.78 is 0. The first-order valence-corrected chi connectivity index (χ1v) is 20.4. The number of aliphatic imine (C=N–C) groups is 4. The van der Waals surface area contributed by atoms with Gasteiger partial charge in [0.25, 0.3) is 0 Å². The third-order valence-electron chi connectivity index (χ3n) is 10.9. The van der Waals surface area contributed by atoms with Crippen molar-refractivity contribution in [1.29, 1.82) is 0 Å². The van der Waals surface area contributed by atoms with Gasteiger partial charge in [0.05, 0.1) is 26.2 Å². The van der Waals surface area contributed by atoms with Crippen LogP contribution in [-0.2, 0) is 26.2 Å². The molecule has 8 aromatic carbocycles. The third kappa shape index (κ3) is 9.41. The maximum atomic E-state index is 4.81. The molecule has 0 amide bonds. The van der Waals surface area contributed by atoms with Crippen molar-refractivity contribution in [3.05, 3.63) is 239 Å². The second-order valence-electron chi connectivity index (χ2n) is 15.1. The smallest absolute Gasteiger partial charge is 0.0639 e. The molecule has 4 heteroatoms. The summed E-state index contributed by atoms with van der Waals surface area (Å²) >= 11 is 0. The molecule has 0 unspecified atom stereocenters. The van der Waals surface area contributed by atoms with E-state index < -0.39 is 0 Å². The van der Waals surface area contributed by atoms with E-state index in [1.54, 1.807) is 0 Å². The van der Waals surface area contributed by atoms with E-state index in [0.29, 0.717) is 26.2 Å². The Morgan fingerprint density at radius 2 is 0.450 bits per heavy atom. The molecule has 7 heterocycles. The van der Waals surface area contributed by atoms with Gasteiger partial charge in [-0.15, -0.1) is 0 Å². The summed E-state index contributed by atoms with van der Waals surface area (Å²) in [6.07, 6.45) is 7.83. The highest BCUT2D eigenvalue weighted by Gasteiger charge is 2.06. The van der Waals surface area contributed by atoms with Crippen molar-refractivity contribution < 1.29 is 0 Å². The maximum absolute atomic E-state index is 4.81. The number of nitrogens with zero attached hydrogens (tertiary/aromatic N) is 4. The van der Waals surface area contributed by atoms with Crippen molar-refractivity contribution in [2.24, 2.45) is 20.0 Å². The van der Waals surface area contributed by atoms with Crippen LogP contribution in [0.2, 0.25) is 0 Å². The molecule has 0 aromatic heterocycles. The average Bonchev–Trinajstić information content (AvgIpc) is 3.31. The largest absolute Gasteiger partial charge is 0.288 e. The lowest BCUT2D eigenvalue weighted by atomic mass is 9.98. The van der Waals surface area contributed by atoms with E-state index in [1.807, 2.05) is 49.1 Å². The molecule has 0 spiro atoms. The number of hydrogen-bond donors (Lipinski definition) is 0. The van der Waals surface area contributed by atoms with Gasteiger partial charge in [0.15, 0.2) is 0 Å². The van der Waals surface area contributed by atoms with E-state index in [1.165, 1.54) is 44.5 Å². The minimum absolute atomic E-state index is 0.602. The van der Waals surface area contributed by atoms with Crippen LogP contribution in [0, 0.1) is 0 Å². The van der Waals surface area contributed by atoms with Crippen LogP contribution in [0.4, 0.5) is 0 Å². The molecule has 4 nitrogen and oxygen atoms in total. The number of benzene rings is 8. The Morgan fingerprint density at radius 1 is 0.217 bits per heavy atom. The van der Waals surface area contributed by atoms with Gasteiger partial charge in [0.2, 0.25) is 0 Å². The molecular weight excluding hydrogens is 729 g/mol. The zero-order chi connectivity index (χ0) is 40.4. The summed E-state index contributed by atoms with van der Waals surface area (Å²) in [5.74, 6) is 0. The van der Waals surface area contributed by atoms with Gasteiger partial charge in [-0.2, -0.15) is 0 Å². The maximum Gasteiger partial charge on any atom is 0.0639 e. The molecule has 8 aromatic rings. The molecule has 7 aliphatic heterocycles. The van der Waals surface area contributed by atoms with Crippen molar-refractivity contribution in [2.75, 3.05) is 0 Å². The molecule has 0 aliphatic carbocycles. The zero-order valence-electron chi connectivity index (χ0n) is 33.4. The summed E-state index contributed by atoms with van der Waals surface area (Å²) in [6, 6.07) is 68.9. The molecule has 15 rings (SSSR count). The van der Waals surface area contributed by atoms with Gasteiger partial charge < -0.3 is 0 Å². The highest BCUT2D eigenvalue weighted by atomic mass is 14.7. The van der Waals surface area contributed by atoms with Crippen LogP contribution in [0.5, 0.6) is 0 Å². The van der Waals surface area contributed by atoms with E-state index in [9.17, 15) is 0 Å². The first-order valence-electron chi connectivity index (χ1n) is 20.4. The lowest BCUT2D eigenvalue weighted by molar-refractivity contribution is 1.07. The molecular formula is C56H44N4. The Hall–Kier alpha value is -7.56. The zero-order valence-corrected chi connectivity index (χ0v) is 33.4. The van der Waals surface area contributed by atoms with E-state index in [4.69, 9.17) is 20.0 Å². The molecule has 0 N–H and O–H groups in total. The standard InChI is InChI=1S/C56H44N4/c1-2-8-54-38-58-34-42-17-25-46(26-18-42)50-12-6-14-52(32-50)48-29-21-44(22-30-48)36-60-40-56-10-4-3-9-55(56)39-59-35-43-19-27-47(28-20-43)51-13-5-11-49(31-51)45-23-15-41(16-24-45)33-57-37-53(54)7-1/h1-32,37-40H,33-36H2. The monoisotopic (exact) mass is 772 g/mol. The Labute approximate surface area is 352 Å². The SMILES string of the molecule is C1=NCc2ccc(cc2)-c2cccc(c2)-c2ccc(cc2)CN=Cc2ccccc2C=NCc2ccc(cc2)-c2cccc(c2)-c2ccc(cc2)CN=Cc2ccccc21. The second kappa shape index (κ2) is 18.4. The lowest BCUT2D eigenvalue weighted by Crippen LogP contribution is -1.93. The summed E-state index contributed by atoms with van der Waals surface area (Å²) in [5.41, 5.74) is 18.3. The van der Waals surface area contributed by atoms with Crippen molar-refractivity contribution in [1.82, 2.24) is 0 Å². The molecule has 0 saturated heterocycles. The number of hydrogen-bond acceptors (Lipinski definition) is 4. The van der Waals surface area contributed by atoms with Crippen molar-refractivity contribution in [3.63, 3.8) is 0 Å². The normalized spacial score (nSPS) is 12.8. The fourth-order valence-corrected chi connectivity index (χ4v) is 7.46. The topological polar surface area (TPSA) is 49.4 Å². The van der Waals surface area contributed by atoms with Crippen molar-refractivity contribution >= 4 is 24.9 Å². The number of rotatable bonds is 0. The van der Waals surface area contributed by atoms with E-state index in [0.717, 1.165) is 44.5 Å². The summed E-state index contributed by atoms with van der Waals surface area (Å²) in [7, 11) is 0. The van der Waals surface area contributed by atoms with Crippen LogP contribution in [-0.4, -0.2) is 24.9 Å². The van der Waals surface area contributed by atoms with Crippen LogP contribution >= 0.6 is 0 Å². The average molecular weight is 773 g/mol. The highest BCUT2D eigenvalue weighted by Crippen LogP contribution is 2.29. The van der Waals surface area contributed by atoms with Crippen LogP contribution in [0.3, 0.4) is 0 Å².